The second-order valence-corrected chi connectivity index (χ2v) is 6.32. The molecule has 6 nitrogen and oxygen atoms in total. The molecule has 0 aromatic heterocycles. The smallest absolute Gasteiger partial charge is 0.317 e. The third kappa shape index (κ3) is 6.58. The number of carbonyl (C=O) groups is 2. The summed E-state index contributed by atoms with van der Waals surface area (Å²) < 4.78 is 0. The summed E-state index contributed by atoms with van der Waals surface area (Å²) in [4.78, 5) is 25.4. The quantitative estimate of drug-likeness (QED) is 0.672. The maximum atomic E-state index is 12.0. The molecule has 1 aromatic carbocycles. The largest absolute Gasteiger partial charge is 0.356 e. The molecule has 3 amide bonds. The van der Waals surface area contributed by atoms with Crippen molar-refractivity contribution in [3.05, 3.63) is 35.9 Å². The van der Waals surface area contributed by atoms with Crippen molar-refractivity contribution >= 4 is 11.9 Å². The molecule has 0 aliphatic carbocycles. The lowest BCUT2D eigenvalue weighted by Gasteiger charge is -2.18. The summed E-state index contributed by atoms with van der Waals surface area (Å²) in [5, 5.41) is 9.02. The molecule has 2 rings (SSSR count). The number of urea groups is 1. The van der Waals surface area contributed by atoms with Crippen molar-refractivity contribution in [1.82, 2.24) is 20.9 Å². The molecule has 6 heteroatoms. The van der Waals surface area contributed by atoms with Gasteiger partial charge in [-0.2, -0.15) is 0 Å². The monoisotopic (exact) mass is 332 g/mol. The van der Waals surface area contributed by atoms with E-state index in [4.69, 9.17) is 0 Å². The van der Waals surface area contributed by atoms with Crippen LogP contribution in [0.3, 0.4) is 0 Å². The van der Waals surface area contributed by atoms with E-state index in [1.807, 2.05) is 30.3 Å². The van der Waals surface area contributed by atoms with Crippen LogP contribution >= 0.6 is 0 Å². The number of hydrogen-bond acceptors (Lipinski definition) is 3. The lowest BCUT2D eigenvalue weighted by Crippen LogP contribution is -2.39. The Hall–Kier alpha value is -2.08. The maximum Gasteiger partial charge on any atom is 0.317 e. The van der Waals surface area contributed by atoms with Gasteiger partial charge in [0.25, 0.3) is 0 Å². The molecular formula is C18H28N4O2. The van der Waals surface area contributed by atoms with Crippen LogP contribution in [0.1, 0.15) is 24.8 Å². The molecule has 0 saturated carbocycles. The summed E-state index contributed by atoms with van der Waals surface area (Å²) in [6, 6.07) is 9.66. The van der Waals surface area contributed by atoms with E-state index in [-0.39, 0.29) is 11.9 Å². The Morgan fingerprint density at radius 1 is 1.21 bits per heavy atom. The Morgan fingerprint density at radius 3 is 2.71 bits per heavy atom. The average molecular weight is 332 g/mol. The predicted molar refractivity (Wildman–Crippen MR) is 94.5 cm³/mol. The van der Waals surface area contributed by atoms with Crippen molar-refractivity contribution in [3.63, 3.8) is 0 Å². The standard InChI is InChI=1S/C18H28N4O2/c1-22(14-16-5-3-2-4-6-16)18(24)21-12-9-17(23)20-11-8-15-7-10-19-13-15/h2-6,15,19H,7-14H2,1H3,(H,20,23)(H,21,24). The zero-order chi connectivity index (χ0) is 17.2. The normalized spacial score (nSPS) is 16.6. The molecule has 132 valence electrons. The Morgan fingerprint density at radius 2 is 2.00 bits per heavy atom. The minimum absolute atomic E-state index is 0.00744. The molecule has 1 unspecified atom stereocenters. The fourth-order valence-electron chi connectivity index (χ4n) is 2.81. The average Bonchev–Trinajstić information content (AvgIpc) is 3.09. The Kier molecular flexibility index (Phi) is 7.55. The molecule has 24 heavy (non-hydrogen) atoms. The first kappa shape index (κ1) is 18.3. The zero-order valence-corrected chi connectivity index (χ0v) is 14.4. The van der Waals surface area contributed by atoms with Gasteiger partial charge in [-0.25, -0.2) is 4.79 Å². The van der Waals surface area contributed by atoms with Crippen LogP contribution in [-0.2, 0) is 11.3 Å². The van der Waals surface area contributed by atoms with E-state index in [1.165, 1.54) is 6.42 Å². The van der Waals surface area contributed by atoms with Gasteiger partial charge in [-0.3, -0.25) is 4.79 Å². The molecule has 0 bridgehead atoms. The summed E-state index contributed by atoms with van der Waals surface area (Å²) in [5.74, 6) is 0.670. The molecule has 1 atom stereocenters. The van der Waals surface area contributed by atoms with Crippen LogP contribution in [0.25, 0.3) is 0 Å². The van der Waals surface area contributed by atoms with Crippen LogP contribution in [-0.4, -0.2) is 50.1 Å². The highest BCUT2D eigenvalue weighted by atomic mass is 16.2. The second kappa shape index (κ2) is 9.93. The summed E-state index contributed by atoms with van der Waals surface area (Å²) in [7, 11) is 1.75. The SMILES string of the molecule is CN(Cc1ccccc1)C(=O)NCCC(=O)NCCC1CCNC1. The van der Waals surface area contributed by atoms with Crippen molar-refractivity contribution in [2.45, 2.75) is 25.8 Å². The van der Waals surface area contributed by atoms with Crippen molar-refractivity contribution in [2.24, 2.45) is 5.92 Å². The summed E-state index contributed by atoms with van der Waals surface area (Å²) >= 11 is 0. The van der Waals surface area contributed by atoms with Crippen LogP contribution in [0.5, 0.6) is 0 Å². The van der Waals surface area contributed by atoms with Crippen molar-refractivity contribution in [2.75, 3.05) is 33.2 Å². The molecule has 1 aromatic rings. The fraction of sp³-hybridized carbons (Fsp3) is 0.556. The molecule has 3 N–H and O–H groups in total. The maximum absolute atomic E-state index is 12.0. The summed E-state index contributed by atoms with van der Waals surface area (Å²) in [6.45, 7) is 3.76. The van der Waals surface area contributed by atoms with Crippen LogP contribution in [0, 0.1) is 5.92 Å². The van der Waals surface area contributed by atoms with E-state index < -0.39 is 0 Å². The van der Waals surface area contributed by atoms with Crippen molar-refractivity contribution in [3.8, 4) is 0 Å². The van der Waals surface area contributed by atoms with E-state index >= 15 is 0 Å². The van der Waals surface area contributed by atoms with E-state index in [9.17, 15) is 9.59 Å². The third-order valence-electron chi connectivity index (χ3n) is 4.27. The van der Waals surface area contributed by atoms with Crippen LogP contribution in [0.4, 0.5) is 4.79 Å². The lowest BCUT2D eigenvalue weighted by atomic mass is 10.1. The number of hydrogen-bond donors (Lipinski definition) is 3. The molecule has 0 spiro atoms. The summed E-state index contributed by atoms with van der Waals surface area (Å²) in [6.07, 6.45) is 2.53. The molecule has 0 radical (unpaired) electrons. The second-order valence-electron chi connectivity index (χ2n) is 6.32. The fourth-order valence-corrected chi connectivity index (χ4v) is 2.81. The van der Waals surface area contributed by atoms with E-state index in [0.717, 1.165) is 25.1 Å². The summed E-state index contributed by atoms with van der Waals surface area (Å²) in [5.41, 5.74) is 1.08. The molecule has 1 fully saturated rings. The molecular weight excluding hydrogens is 304 g/mol. The first-order valence-corrected chi connectivity index (χ1v) is 8.65. The van der Waals surface area contributed by atoms with Crippen LogP contribution < -0.4 is 16.0 Å². The minimum Gasteiger partial charge on any atom is -0.356 e. The topological polar surface area (TPSA) is 73.5 Å². The molecule has 1 heterocycles. The van der Waals surface area contributed by atoms with E-state index in [0.29, 0.717) is 32.0 Å². The third-order valence-corrected chi connectivity index (χ3v) is 4.27. The first-order valence-electron chi connectivity index (χ1n) is 8.65. The number of rotatable bonds is 8. The number of amides is 3. The van der Waals surface area contributed by atoms with Crippen LogP contribution in [0.15, 0.2) is 30.3 Å². The molecule has 1 aliphatic heterocycles. The van der Waals surface area contributed by atoms with Gasteiger partial charge in [-0.15, -0.1) is 0 Å². The number of nitrogens with zero attached hydrogens (tertiary/aromatic N) is 1. The van der Waals surface area contributed by atoms with Gasteiger partial charge in [0.15, 0.2) is 0 Å². The first-order chi connectivity index (χ1) is 11.6. The predicted octanol–water partition coefficient (Wildman–Crippen LogP) is 1.33. The highest BCUT2D eigenvalue weighted by molar-refractivity contribution is 5.78. The Bertz CT molecular complexity index is 515. The molecule has 1 aliphatic rings. The van der Waals surface area contributed by atoms with Gasteiger partial charge in [0.1, 0.15) is 0 Å². The number of nitrogens with one attached hydrogen (secondary N) is 3. The Labute approximate surface area is 144 Å². The van der Waals surface area contributed by atoms with E-state index in [1.54, 1.807) is 11.9 Å². The van der Waals surface area contributed by atoms with Gasteiger partial charge < -0.3 is 20.9 Å². The number of benzene rings is 1. The van der Waals surface area contributed by atoms with Gasteiger partial charge in [0.2, 0.25) is 5.91 Å². The highest BCUT2D eigenvalue weighted by Gasteiger charge is 2.14. The van der Waals surface area contributed by atoms with Gasteiger partial charge in [0, 0.05) is 33.1 Å². The number of carbonyl (C=O) groups excluding carboxylic acids is 2. The van der Waals surface area contributed by atoms with Gasteiger partial charge in [0.05, 0.1) is 0 Å². The Balaban J connectivity index is 1.55. The van der Waals surface area contributed by atoms with E-state index in [2.05, 4.69) is 16.0 Å². The highest BCUT2D eigenvalue weighted by Crippen LogP contribution is 2.10. The van der Waals surface area contributed by atoms with Crippen molar-refractivity contribution in [1.29, 1.82) is 0 Å². The van der Waals surface area contributed by atoms with Crippen LogP contribution in [0.2, 0.25) is 0 Å². The van der Waals surface area contributed by atoms with Gasteiger partial charge >= 0.3 is 6.03 Å². The van der Waals surface area contributed by atoms with Crippen molar-refractivity contribution < 1.29 is 9.59 Å². The van der Waals surface area contributed by atoms with Gasteiger partial charge in [-0.05, 0) is 37.4 Å². The minimum atomic E-state index is -0.163. The zero-order valence-electron chi connectivity index (χ0n) is 14.4. The van der Waals surface area contributed by atoms with Gasteiger partial charge in [-0.1, -0.05) is 30.3 Å². The lowest BCUT2D eigenvalue weighted by molar-refractivity contribution is -0.120. The molecule has 1 saturated heterocycles.